The van der Waals surface area contributed by atoms with Crippen LogP contribution in [0.3, 0.4) is 0 Å². The molecule has 2 N–H and O–H groups in total. The summed E-state index contributed by atoms with van der Waals surface area (Å²) in [6.07, 6.45) is 4.38. The lowest BCUT2D eigenvalue weighted by atomic mass is 10.1. The van der Waals surface area contributed by atoms with Gasteiger partial charge in [0.2, 0.25) is 0 Å². The zero-order valence-electron chi connectivity index (χ0n) is 15.5. The van der Waals surface area contributed by atoms with Gasteiger partial charge < -0.3 is 24.6 Å². The molecular weight excluding hydrogens is 306 g/mol. The number of aliphatic hydroxyl groups is 1. The minimum Gasteiger partial charge on any atom is -0.493 e. The van der Waals surface area contributed by atoms with E-state index in [2.05, 4.69) is 19.2 Å². The van der Waals surface area contributed by atoms with E-state index < -0.39 is 6.10 Å². The molecule has 138 valence electrons. The highest BCUT2D eigenvalue weighted by molar-refractivity contribution is 5.42. The van der Waals surface area contributed by atoms with Crippen LogP contribution in [0.25, 0.3) is 0 Å². The molecule has 1 aromatic rings. The number of aliphatic hydroxyl groups excluding tert-OH is 1. The van der Waals surface area contributed by atoms with Crippen molar-refractivity contribution in [2.75, 3.05) is 27.4 Å². The largest absolute Gasteiger partial charge is 0.493 e. The quantitative estimate of drug-likeness (QED) is 0.541. The Morgan fingerprint density at radius 1 is 1.12 bits per heavy atom. The molecule has 0 aliphatic rings. The van der Waals surface area contributed by atoms with E-state index in [1.807, 2.05) is 18.2 Å². The van der Waals surface area contributed by atoms with Gasteiger partial charge >= 0.3 is 0 Å². The number of methoxy groups -OCH3 is 2. The Kier molecular flexibility index (Phi) is 10.5. The van der Waals surface area contributed by atoms with E-state index >= 15 is 0 Å². The summed E-state index contributed by atoms with van der Waals surface area (Å²) in [5, 5.41) is 13.4. The molecule has 0 bridgehead atoms. The molecule has 0 aliphatic heterocycles. The number of unbranched alkanes of at least 4 members (excludes halogenated alkanes) is 2. The number of ether oxygens (including phenoxy) is 3. The molecule has 0 saturated heterocycles. The molecule has 0 amide bonds. The number of rotatable bonds is 13. The third kappa shape index (κ3) is 7.99. The Morgan fingerprint density at radius 2 is 1.88 bits per heavy atom. The van der Waals surface area contributed by atoms with Crippen LogP contribution in [0.2, 0.25) is 0 Å². The van der Waals surface area contributed by atoms with Crippen molar-refractivity contribution < 1.29 is 19.3 Å². The number of nitrogens with one attached hydrogen (secondary N) is 1. The molecule has 5 nitrogen and oxygen atoms in total. The van der Waals surface area contributed by atoms with Crippen molar-refractivity contribution in [3.05, 3.63) is 23.8 Å². The van der Waals surface area contributed by atoms with Crippen LogP contribution in [0, 0.1) is 0 Å². The van der Waals surface area contributed by atoms with Gasteiger partial charge in [0.05, 0.1) is 33.5 Å². The molecule has 0 saturated carbocycles. The second-order valence-electron chi connectivity index (χ2n) is 6.16. The van der Waals surface area contributed by atoms with E-state index in [9.17, 15) is 5.11 Å². The monoisotopic (exact) mass is 339 g/mol. The summed E-state index contributed by atoms with van der Waals surface area (Å²) in [6, 6.07) is 6.10. The van der Waals surface area contributed by atoms with Gasteiger partial charge in [0.1, 0.15) is 0 Å². The van der Waals surface area contributed by atoms with Gasteiger partial charge in [-0.2, -0.15) is 0 Å². The van der Waals surface area contributed by atoms with Gasteiger partial charge in [-0.3, -0.25) is 0 Å². The average Bonchev–Trinajstić information content (AvgIpc) is 2.60. The van der Waals surface area contributed by atoms with Crippen LogP contribution < -0.4 is 14.8 Å². The fourth-order valence-corrected chi connectivity index (χ4v) is 2.48. The van der Waals surface area contributed by atoms with Crippen LogP contribution >= 0.6 is 0 Å². The summed E-state index contributed by atoms with van der Waals surface area (Å²) in [5.74, 6) is 1.38. The van der Waals surface area contributed by atoms with Gasteiger partial charge in [-0.25, -0.2) is 0 Å². The Bertz CT molecular complexity index is 453. The topological polar surface area (TPSA) is 60.0 Å². The van der Waals surface area contributed by atoms with Crippen molar-refractivity contribution in [1.82, 2.24) is 5.32 Å². The van der Waals surface area contributed by atoms with E-state index in [-0.39, 0.29) is 0 Å². The van der Waals surface area contributed by atoms with Crippen molar-refractivity contribution in [3.63, 3.8) is 0 Å². The fraction of sp³-hybridized carbons (Fsp3) is 0.684. The molecule has 1 aromatic carbocycles. The van der Waals surface area contributed by atoms with Gasteiger partial charge in [-0.05, 0) is 31.0 Å². The van der Waals surface area contributed by atoms with Crippen molar-refractivity contribution in [2.24, 2.45) is 0 Å². The summed E-state index contributed by atoms with van der Waals surface area (Å²) in [4.78, 5) is 0. The normalized spacial score (nSPS) is 13.5. The van der Waals surface area contributed by atoms with E-state index in [0.717, 1.165) is 12.0 Å². The molecule has 0 radical (unpaired) electrons. The molecule has 0 aromatic heterocycles. The molecule has 0 aliphatic carbocycles. The third-order valence-electron chi connectivity index (χ3n) is 3.97. The predicted octanol–water partition coefficient (Wildman–Crippen LogP) is 3.14. The van der Waals surface area contributed by atoms with Gasteiger partial charge in [0.15, 0.2) is 11.5 Å². The molecule has 2 atom stereocenters. The second-order valence-corrected chi connectivity index (χ2v) is 6.16. The number of hydrogen-bond donors (Lipinski definition) is 2. The first kappa shape index (κ1) is 20.7. The molecule has 5 heteroatoms. The van der Waals surface area contributed by atoms with Crippen molar-refractivity contribution >= 4 is 0 Å². The maximum Gasteiger partial charge on any atom is 0.161 e. The highest BCUT2D eigenvalue weighted by Gasteiger charge is 2.09. The second kappa shape index (κ2) is 12.1. The fourth-order valence-electron chi connectivity index (χ4n) is 2.48. The smallest absolute Gasteiger partial charge is 0.161 e. The van der Waals surface area contributed by atoms with Crippen LogP contribution in [0.15, 0.2) is 18.2 Å². The minimum absolute atomic E-state index is 0.309. The van der Waals surface area contributed by atoms with Crippen molar-refractivity contribution in [2.45, 2.75) is 58.3 Å². The van der Waals surface area contributed by atoms with Crippen LogP contribution in [0.1, 0.15) is 45.1 Å². The van der Waals surface area contributed by atoms with Gasteiger partial charge in [0.25, 0.3) is 0 Å². The predicted molar refractivity (Wildman–Crippen MR) is 96.8 cm³/mol. The number of benzene rings is 1. The maximum absolute atomic E-state index is 10.00. The Hall–Kier alpha value is -1.30. The summed E-state index contributed by atoms with van der Waals surface area (Å²) in [6.45, 7) is 5.66. The first-order valence-electron chi connectivity index (χ1n) is 8.80. The lowest BCUT2D eigenvalue weighted by Crippen LogP contribution is -2.35. The SMILES string of the molecule is CCCCCC(C)NCC(O)COCc1ccc(OC)c(OC)c1. The molecular formula is C19H33NO4. The van der Waals surface area contributed by atoms with Gasteiger partial charge in [-0.1, -0.05) is 32.3 Å². The summed E-state index contributed by atoms with van der Waals surface area (Å²) in [7, 11) is 3.22. The Balaban J connectivity index is 2.24. The van der Waals surface area contributed by atoms with E-state index in [1.165, 1.54) is 19.3 Å². The highest BCUT2D eigenvalue weighted by atomic mass is 16.5. The summed E-state index contributed by atoms with van der Waals surface area (Å²) >= 11 is 0. The lowest BCUT2D eigenvalue weighted by Gasteiger charge is -2.17. The lowest BCUT2D eigenvalue weighted by molar-refractivity contribution is 0.0276. The Morgan fingerprint density at radius 3 is 2.54 bits per heavy atom. The van der Waals surface area contributed by atoms with E-state index in [1.54, 1.807) is 14.2 Å². The first-order valence-corrected chi connectivity index (χ1v) is 8.80. The highest BCUT2D eigenvalue weighted by Crippen LogP contribution is 2.27. The maximum atomic E-state index is 10.00. The van der Waals surface area contributed by atoms with Crippen LogP contribution in [0.5, 0.6) is 11.5 Å². The van der Waals surface area contributed by atoms with Crippen molar-refractivity contribution in [1.29, 1.82) is 0 Å². The van der Waals surface area contributed by atoms with Crippen LogP contribution in [-0.2, 0) is 11.3 Å². The standard InChI is InChI=1S/C19H33NO4/c1-5-6-7-8-15(2)20-12-17(21)14-24-13-16-9-10-18(22-3)19(11-16)23-4/h9-11,15,17,20-21H,5-8,12-14H2,1-4H3. The van der Waals surface area contributed by atoms with Crippen LogP contribution in [0.4, 0.5) is 0 Å². The molecule has 0 heterocycles. The molecule has 24 heavy (non-hydrogen) atoms. The van der Waals surface area contributed by atoms with Crippen LogP contribution in [-0.4, -0.2) is 44.6 Å². The zero-order chi connectivity index (χ0) is 17.8. The minimum atomic E-state index is -0.501. The average molecular weight is 339 g/mol. The van der Waals surface area contributed by atoms with Gasteiger partial charge in [-0.15, -0.1) is 0 Å². The van der Waals surface area contributed by atoms with E-state index in [4.69, 9.17) is 14.2 Å². The van der Waals surface area contributed by atoms with Crippen molar-refractivity contribution in [3.8, 4) is 11.5 Å². The first-order chi connectivity index (χ1) is 11.6. The molecule has 2 unspecified atom stereocenters. The Labute approximate surface area is 146 Å². The van der Waals surface area contributed by atoms with Gasteiger partial charge in [0, 0.05) is 12.6 Å². The molecule has 0 spiro atoms. The zero-order valence-corrected chi connectivity index (χ0v) is 15.5. The summed E-state index contributed by atoms with van der Waals surface area (Å²) in [5.41, 5.74) is 0.987. The summed E-state index contributed by atoms with van der Waals surface area (Å²) < 4.78 is 16.1. The third-order valence-corrected chi connectivity index (χ3v) is 3.97. The number of hydrogen-bond acceptors (Lipinski definition) is 5. The van der Waals surface area contributed by atoms with E-state index in [0.29, 0.717) is 37.3 Å². The molecule has 0 fully saturated rings. The molecule has 1 rings (SSSR count).